The van der Waals surface area contributed by atoms with Crippen molar-refractivity contribution in [2.45, 2.75) is 102 Å². The Hall–Kier alpha value is -3.80. The monoisotopic (exact) mass is 697 g/mol. The molecule has 51 heavy (non-hydrogen) atoms. The van der Waals surface area contributed by atoms with Gasteiger partial charge in [-0.3, -0.25) is 14.5 Å². The SMILES string of the molecule is Nc1ccccc1NC(=O)CCCCCCC(=O)Nc1ccc([C@H]2O[C@@H](CN3CCC[C@H]3CN3CCCC3)C[C@@H](c3ccc(CO)cc3)O2)cc1. The summed E-state index contributed by atoms with van der Waals surface area (Å²) >= 11 is 0. The number of hydrogen-bond acceptors (Lipinski definition) is 8. The molecule has 0 radical (unpaired) electrons. The maximum atomic E-state index is 12.7. The van der Waals surface area contributed by atoms with Crippen molar-refractivity contribution in [1.29, 1.82) is 0 Å². The molecule has 0 spiro atoms. The summed E-state index contributed by atoms with van der Waals surface area (Å²) < 4.78 is 13.3. The highest BCUT2D eigenvalue weighted by Gasteiger charge is 2.36. The highest BCUT2D eigenvalue weighted by atomic mass is 16.7. The second kappa shape index (κ2) is 18.6. The zero-order valence-corrected chi connectivity index (χ0v) is 29.8. The number of hydrogen-bond donors (Lipinski definition) is 4. The molecule has 10 nitrogen and oxygen atoms in total. The maximum Gasteiger partial charge on any atom is 0.224 e. The van der Waals surface area contributed by atoms with Gasteiger partial charge in [-0.25, -0.2) is 0 Å². The van der Waals surface area contributed by atoms with Crippen LogP contribution in [0.15, 0.2) is 72.8 Å². The number of unbranched alkanes of at least 4 members (excludes halogenated alkanes) is 3. The van der Waals surface area contributed by atoms with Gasteiger partial charge in [0.1, 0.15) is 0 Å². The summed E-state index contributed by atoms with van der Waals surface area (Å²) in [7, 11) is 0. The second-order valence-corrected chi connectivity index (χ2v) is 14.4. The van der Waals surface area contributed by atoms with E-state index in [2.05, 4.69) is 32.6 Å². The first-order valence-electron chi connectivity index (χ1n) is 18.9. The van der Waals surface area contributed by atoms with E-state index >= 15 is 0 Å². The lowest BCUT2D eigenvalue weighted by Crippen LogP contribution is -2.45. The van der Waals surface area contributed by atoms with E-state index in [1.165, 1.54) is 38.8 Å². The van der Waals surface area contributed by atoms with Gasteiger partial charge in [0.25, 0.3) is 0 Å². The van der Waals surface area contributed by atoms with E-state index in [1.807, 2.05) is 48.5 Å². The normalized spacial score (nSPS) is 22.6. The molecule has 0 aromatic heterocycles. The van der Waals surface area contributed by atoms with E-state index in [4.69, 9.17) is 15.2 Å². The van der Waals surface area contributed by atoms with E-state index in [0.29, 0.717) is 30.3 Å². The zero-order chi connectivity index (χ0) is 35.4. The number of nitrogen functional groups attached to an aromatic ring is 1. The third-order valence-electron chi connectivity index (χ3n) is 10.5. The van der Waals surface area contributed by atoms with Crippen molar-refractivity contribution in [2.24, 2.45) is 0 Å². The number of carbonyl (C=O) groups excluding carboxylic acids is 2. The molecule has 3 heterocycles. The molecule has 0 unspecified atom stereocenters. The Labute approximate surface area is 302 Å². The van der Waals surface area contributed by atoms with Crippen molar-refractivity contribution >= 4 is 28.9 Å². The van der Waals surface area contributed by atoms with Crippen LogP contribution in [0.5, 0.6) is 0 Å². The fourth-order valence-electron chi connectivity index (χ4n) is 7.60. The number of nitrogens with one attached hydrogen (secondary N) is 2. The van der Waals surface area contributed by atoms with Crippen molar-refractivity contribution < 1.29 is 24.2 Å². The second-order valence-electron chi connectivity index (χ2n) is 14.4. The van der Waals surface area contributed by atoms with Gasteiger partial charge in [-0.2, -0.15) is 0 Å². The fraction of sp³-hybridized carbons (Fsp3) is 0.512. The van der Waals surface area contributed by atoms with Crippen molar-refractivity contribution in [3.8, 4) is 0 Å². The third-order valence-corrected chi connectivity index (χ3v) is 10.5. The third kappa shape index (κ3) is 10.9. The predicted octanol–water partition coefficient (Wildman–Crippen LogP) is 6.78. The van der Waals surface area contributed by atoms with Gasteiger partial charge >= 0.3 is 0 Å². The highest BCUT2D eigenvalue weighted by Crippen LogP contribution is 2.39. The van der Waals surface area contributed by atoms with Crippen LogP contribution in [0.2, 0.25) is 0 Å². The lowest BCUT2D eigenvalue weighted by atomic mass is 9.99. The first-order chi connectivity index (χ1) is 24.9. The van der Waals surface area contributed by atoms with Crippen LogP contribution in [0.4, 0.5) is 17.1 Å². The summed E-state index contributed by atoms with van der Waals surface area (Å²) in [5, 5.41) is 15.5. The number of para-hydroxylation sites is 2. The van der Waals surface area contributed by atoms with Gasteiger partial charge in [-0.1, -0.05) is 61.4 Å². The van der Waals surface area contributed by atoms with Gasteiger partial charge in [0.05, 0.1) is 30.2 Å². The van der Waals surface area contributed by atoms with E-state index in [1.54, 1.807) is 12.1 Å². The summed E-state index contributed by atoms with van der Waals surface area (Å²) in [5.41, 5.74) is 10.7. The van der Waals surface area contributed by atoms with Gasteiger partial charge in [0, 0.05) is 49.6 Å². The number of aliphatic hydroxyl groups is 1. The number of nitrogens with two attached hydrogens (primary N) is 1. The topological polar surface area (TPSA) is 129 Å². The molecule has 4 atom stereocenters. The Balaban J connectivity index is 0.980. The average Bonchev–Trinajstić information content (AvgIpc) is 3.83. The molecule has 3 aromatic rings. The Morgan fingerprint density at radius 1 is 0.765 bits per heavy atom. The first-order valence-corrected chi connectivity index (χ1v) is 18.9. The van der Waals surface area contributed by atoms with Crippen molar-refractivity contribution in [3.05, 3.63) is 89.5 Å². The zero-order valence-electron chi connectivity index (χ0n) is 29.8. The van der Waals surface area contributed by atoms with E-state index in [0.717, 1.165) is 74.1 Å². The molecule has 3 aliphatic heterocycles. The lowest BCUT2D eigenvalue weighted by Gasteiger charge is -2.39. The molecule has 3 fully saturated rings. The van der Waals surface area contributed by atoms with Gasteiger partial charge in [0.15, 0.2) is 6.29 Å². The number of aliphatic hydroxyl groups excluding tert-OH is 1. The van der Waals surface area contributed by atoms with Crippen LogP contribution in [-0.2, 0) is 25.7 Å². The number of amides is 2. The van der Waals surface area contributed by atoms with Gasteiger partial charge < -0.3 is 35.8 Å². The molecule has 0 bridgehead atoms. The molecule has 274 valence electrons. The first kappa shape index (κ1) is 37.0. The Bertz CT molecular complexity index is 1540. The van der Waals surface area contributed by atoms with Crippen LogP contribution in [0.25, 0.3) is 0 Å². The molecule has 0 aliphatic carbocycles. The standard InChI is InChI=1S/C41H55N5O5/c42-36-11-5-6-12-37(36)44-40(49)14-4-2-1-3-13-39(48)43-33-21-19-32(20-22-33)41-50-35(26-38(51-41)31-17-15-30(29-47)16-18-31)28-46-25-9-10-34(46)27-45-23-7-8-24-45/h5-6,11-12,15-22,34-35,38,41,47H,1-4,7-10,13-14,23-29,42H2,(H,43,48)(H,44,49)/t34-,35+,38-,41-/m0/s1. The number of nitrogens with zero attached hydrogens (tertiary/aromatic N) is 2. The number of anilines is 3. The fourth-order valence-corrected chi connectivity index (χ4v) is 7.60. The Morgan fingerprint density at radius 3 is 2.16 bits per heavy atom. The molecule has 10 heteroatoms. The van der Waals surface area contributed by atoms with Crippen molar-refractivity contribution in [1.82, 2.24) is 9.80 Å². The minimum Gasteiger partial charge on any atom is -0.397 e. The van der Waals surface area contributed by atoms with E-state index in [9.17, 15) is 14.7 Å². The lowest BCUT2D eigenvalue weighted by molar-refractivity contribution is -0.253. The van der Waals surface area contributed by atoms with Gasteiger partial charge in [0.2, 0.25) is 11.8 Å². The molecule has 5 N–H and O–H groups in total. The Kier molecular flexibility index (Phi) is 13.5. The molecule has 0 saturated carbocycles. The average molecular weight is 698 g/mol. The number of rotatable bonds is 16. The summed E-state index contributed by atoms with van der Waals surface area (Å²) in [4.78, 5) is 30.2. The Morgan fingerprint density at radius 2 is 1.45 bits per heavy atom. The summed E-state index contributed by atoms with van der Waals surface area (Å²) in [5.74, 6) is -0.0697. The quantitative estimate of drug-likeness (QED) is 0.0953. The predicted molar refractivity (Wildman–Crippen MR) is 201 cm³/mol. The number of likely N-dealkylation sites (tertiary alicyclic amines) is 2. The molecule has 6 rings (SSSR count). The molecule has 3 saturated heterocycles. The van der Waals surface area contributed by atoms with Crippen LogP contribution >= 0.6 is 0 Å². The minimum absolute atomic E-state index is 0.0156. The minimum atomic E-state index is -0.525. The van der Waals surface area contributed by atoms with E-state index < -0.39 is 6.29 Å². The van der Waals surface area contributed by atoms with Gasteiger partial charge in [-0.15, -0.1) is 0 Å². The molecular formula is C41H55N5O5. The van der Waals surface area contributed by atoms with Crippen LogP contribution in [-0.4, -0.2) is 71.6 Å². The smallest absolute Gasteiger partial charge is 0.224 e. The number of benzene rings is 3. The van der Waals surface area contributed by atoms with Crippen LogP contribution in [0, 0.1) is 0 Å². The molecule has 3 aliphatic rings. The number of carbonyl (C=O) groups is 2. The molecular weight excluding hydrogens is 642 g/mol. The maximum absolute atomic E-state index is 12.7. The van der Waals surface area contributed by atoms with Crippen molar-refractivity contribution in [2.75, 3.05) is 49.1 Å². The van der Waals surface area contributed by atoms with Gasteiger partial charge in [-0.05, 0) is 93.6 Å². The summed E-state index contributed by atoms with van der Waals surface area (Å²) in [6.07, 6.45) is 9.37. The van der Waals surface area contributed by atoms with Crippen molar-refractivity contribution in [3.63, 3.8) is 0 Å². The number of ether oxygens (including phenoxy) is 2. The van der Waals surface area contributed by atoms with Crippen LogP contribution in [0.3, 0.4) is 0 Å². The molecule has 3 aromatic carbocycles. The molecule has 2 amide bonds. The van der Waals surface area contributed by atoms with Crippen LogP contribution < -0.4 is 16.4 Å². The highest BCUT2D eigenvalue weighted by molar-refractivity contribution is 5.93. The van der Waals surface area contributed by atoms with E-state index in [-0.39, 0.29) is 30.6 Å². The largest absolute Gasteiger partial charge is 0.397 e. The van der Waals surface area contributed by atoms with Crippen LogP contribution in [0.1, 0.15) is 99.7 Å². The summed E-state index contributed by atoms with van der Waals surface area (Å²) in [6, 6.07) is 23.6. The summed E-state index contributed by atoms with van der Waals surface area (Å²) in [6.45, 7) is 5.59.